The summed E-state index contributed by atoms with van der Waals surface area (Å²) in [5, 5.41) is 3.18. The number of nitrogens with zero attached hydrogens (tertiary/aromatic N) is 1. The lowest BCUT2D eigenvalue weighted by molar-refractivity contribution is -0.143. The van der Waals surface area contributed by atoms with E-state index >= 15 is 0 Å². The maximum atomic E-state index is 13.4. The van der Waals surface area contributed by atoms with Gasteiger partial charge in [-0.25, -0.2) is 0 Å². The van der Waals surface area contributed by atoms with E-state index in [1.807, 2.05) is 62.4 Å². The van der Waals surface area contributed by atoms with Gasteiger partial charge in [-0.15, -0.1) is 0 Å². The van der Waals surface area contributed by atoms with E-state index in [2.05, 4.69) is 19.2 Å². The van der Waals surface area contributed by atoms with E-state index in [9.17, 15) is 9.59 Å². The molecule has 1 unspecified atom stereocenters. The number of carbonyl (C=O) groups excluding carboxylic acids is 2. The number of amides is 2. The third kappa shape index (κ3) is 6.83. The van der Waals surface area contributed by atoms with Gasteiger partial charge in [0, 0.05) is 12.6 Å². The Labute approximate surface area is 198 Å². The standard InChI is InChI=1S/C28H38N2O3/c1-5-25(28(32)29-23-10-6-7-11-23)30(18-22-16-14-21(4)15-17-22)27(31)19-33-26-13-9-8-12-24(26)20(2)3/h8-9,12-17,20,23,25H,5-7,10-11,18-19H2,1-4H3,(H,29,32). The molecular formula is C28H38N2O3. The predicted molar refractivity (Wildman–Crippen MR) is 132 cm³/mol. The highest BCUT2D eigenvalue weighted by Gasteiger charge is 2.31. The third-order valence-corrected chi connectivity index (χ3v) is 6.45. The lowest BCUT2D eigenvalue weighted by atomic mass is 10.0. The Bertz CT molecular complexity index is 917. The molecule has 2 amide bonds. The lowest BCUT2D eigenvalue weighted by Crippen LogP contribution is -2.52. The van der Waals surface area contributed by atoms with Crippen LogP contribution in [-0.4, -0.2) is 35.4 Å². The third-order valence-electron chi connectivity index (χ3n) is 6.45. The summed E-state index contributed by atoms with van der Waals surface area (Å²) in [7, 11) is 0. The highest BCUT2D eigenvalue weighted by Crippen LogP contribution is 2.26. The monoisotopic (exact) mass is 450 g/mol. The summed E-state index contributed by atoms with van der Waals surface area (Å²) in [6, 6.07) is 15.6. The second-order valence-electron chi connectivity index (χ2n) is 9.40. The van der Waals surface area contributed by atoms with Gasteiger partial charge in [0.1, 0.15) is 11.8 Å². The Kier molecular flexibility index (Phi) is 8.93. The molecule has 0 heterocycles. The fraction of sp³-hybridized carbons (Fsp3) is 0.500. The van der Waals surface area contributed by atoms with Crippen molar-refractivity contribution in [1.82, 2.24) is 10.2 Å². The second kappa shape index (κ2) is 11.9. The van der Waals surface area contributed by atoms with Crippen LogP contribution in [0.1, 0.15) is 75.5 Å². The number of nitrogens with one attached hydrogen (secondary N) is 1. The van der Waals surface area contributed by atoms with E-state index < -0.39 is 6.04 Å². The predicted octanol–water partition coefficient (Wildman–Crippen LogP) is 5.36. The number of ether oxygens (including phenoxy) is 1. The summed E-state index contributed by atoms with van der Waals surface area (Å²) in [5.41, 5.74) is 3.24. The van der Waals surface area contributed by atoms with E-state index in [4.69, 9.17) is 4.74 Å². The molecule has 1 saturated carbocycles. The molecule has 1 N–H and O–H groups in total. The number of hydrogen-bond donors (Lipinski definition) is 1. The zero-order valence-electron chi connectivity index (χ0n) is 20.5. The van der Waals surface area contributed by atoms with Crippen LogP contribution in [0.4, 0.5) is 0 Å². The van der Waals surface area contributed by atoms with Gasteiger partial charge in [-0.3, -0.25) is 9.59 Å². The molecule has 1 atom stereocenters. The average molecular weight is 451 g/mol. The van der Waals surface area contributed by atoms with Gasteiger partial charge in [-0.1, -0.05) is 81.6 Å². The number of aryl methyl sites for hydroxylation is 1. The maximum Gasteiger partial charge on any atom is 0.261 e. The Morgan fingerprint density at radius 2 is 1.73 bits per heavy atom. The maximum absolute atomic E-state index is 13.4. The average Bonchev–Trinajstić information content (AvgIpc) is 3.31. The fourth-order valence-electron chi connectivity index (χ4n) is 4.49. The topological polar surface area (TPSA) is 58.6 Å². The van der Waals surface area contributed by atoms with Crippen LogP contribution >= 0.6 is 0 Å². The molecule has 178 valence electrons. The van der Waals surface area contributed by atoms with Gasteiger partial charge in [-0.2, -0.15) is 0 Å². The highest BCUT2D eigenvalue weighted by atomic mass is 16.5. The Morgan fingerprint density at radius 1 is 1.06 bits per heavy atom. The minimum absolute atomic E-state index is 0.0626. The molecule has 1 aliphatic carbocycles. The molecule has 33 heavy (non-hydrogen) atoms. The van der Waals surface area contributed by atoms with Crippen molar-refractivity contribution in [2.45, 2.75) is 84.3 Å². The van der Waals surface area contributed by atoms with Gasteiger partial charge in [0.15, 0.2) is 6.61 Å². The summed E-state index contributed by atoms with van der Waals surface area (Å²) in [4.78, 5) is 28.3. The Balaban J connectivity index is 1.78. The zero-order chi connectivity index (χ0) is 23.8. The molecule has 0 spiro atoms. The molecule has 5 nitrogen and oxygen atoms in total. The van der Waals surface area contributed by atoms with Gasteiger partial charge in [0.05, 0.1) is 0 Å². The van der Waals surface area contributed by atoms with E-state index in [1.165, 1.54) is 0 Å². The first-order valence-electron chi connectivity index (χ1n) is 12.3. The van der Waals surface area contributed by atoms with Crippen molar-refractivity contribution in [2.75, 3.05) is 6.61 Å². The number of benzene rings is 2. The second-order valence-corrected chi connectivity index (χ2v) is 9.40. The van der Waals surface area contributed by atoms with Crippen molar-refractivity contribution in [3.63, 3.8) is 0 Å². The van der Waals surface area contributed by atoms with Crippen LogP contribution in [0.15, 0.2) is 48.5 Å². The normalized spacial score (nSPS) is 14.8. The number of para-hydroxylation sites is 1. The summed E-state index contributed by atoms with van der Waals surface area (Å²) < 4.78 is 5.98. The van der Waals surface area contributed by atoms with E-state index in [0.29, 0.717) is 18.9 Å². The summed E-state index contributed by atoms with van der Waals surface area (Å²) in [6.45, 7) is 8.50. The SMILES string of the molecule is CCC(C(=O)NC1CCCC1)N(Cc1ccc(C)cc1)C(=O)COc1ccccc1C(C)C. The van der Waals surface area contributed by atoms with Crippen molar-refractivity contribution in [3.05, 3.63) is 65.2 Å². The van der Waals surface area contributed by atoms with Gasteiger partial charge >= 0.3 is 0 Å². The molecule has 0 aliphatic heterocycles. The van der Waals surface area contributed by atoms with Gasteiger partial charge in [0.25, 0.3) is 5.91 Å². The molecule has 2 aromatic rings. The molecule has 0 saturated heterocycles. The molecule has 5 heteroatoms. The molecule has 0 aromatic heterocycles. The van der Waals surface area contributed by atoms with Crippen molar-refractivity contribution in [3.8, 4) is 5.75 Å². The lowest BCUT2D eigenvalue weighted by Gasteiger charge is -2.31. The van der Waals surface area contributed by atoms with Crippen molar-refractivity contribution in [2.24, 2.45) is 0 Å². The minimum atomic E-state index is -0.525. The molecule has 0 radical (unpaired) electrons. The summed E-state index contributed by atoms with van der Waals surface area (Å²) in [5.74, 6) is 0.773. The van der Waals surface area contributed by atoms with Crippen LogP contribution in [0.2, 0.25) is 0 Å². The fourth-order valence-corrected chi connectivity index (χ4v) is 4.49. The van der Waals surface area contributed by atoms with Crippen LogP contribution in [0.25, 0.3) is 0 Å². The zero-order valence-corrected chi connectivity index (χ0v) is 20.5. The molecule has 3 rings (SSSR count). The van der Waals surface area contributed by atoms with Crippen molar-refractivity contribution in [1.29, 1.82) is 0 Å². The molecule has 1 aliphatic rings. The minimum Gasteiger partial charge on any atom is -0.483 e. The van der Waals surface area contributed by atoms with E-state index in [1.54, 1.807) is 4.90 Å². The van der Waals surface area contributed by atoms with Crippen molar-refractivity contribution >= 4 is 11.8 Å². The number of carbonyl (C=O) groups is 2. The highest BCUT2D eigenvalue weighted by molar-refractivity contribution is 5.88. The van der Waals surface area contributed by atoms with E-state index in [0.717, 1.165) is 48.1 Å². The summed E-state index contributed by atoms with van der Waals surface area (Å²) in [6.07, 6.45) is 4.89. The van der Waals surface area contributed by atoms with Crippen LogP contribution in [-0.2, 0) is 16.1 Å². The first kappa shape index (κ1) is 24.8. The summed E-state index contributed by atoms with van der Waals surface area (Å²) >= 11 is 0. The number of hydrogen-bond acceptors (Lipinski definition) is 3. The Morgan fingerprint density at radius 3 is 2.36 bits per heavy atom. The molecule has 0 bridgehead atoms. The first-order valence-corrected chi connectivity index (χ1v) is 12.3. The van der Waals surface area contributed by atoms with Crippen LogP contribution in [0.5, 0.6) is 5.75 Å². The largest absolute Gasteiger partial charge is 0.483 e. The van der Waals surface area contributed by atoms with Gasteiger partial charge in [0.2, 0.25) is 5.91 Å². The van der Waals surface area contributed by atoms with E-state index in [-0.39, 0.29) is 24.5 Å². The molecule has 2 aromatic carbocycles. The first-order chi connectivity index (χ1) is 15.9. The van der Waals surface area contributed by atoms with Crippen LogP contribution in [0.3, 0.4) is 0 Å². The molecule has 1 fully saturated rings. The molecular weight excluding hydrogens is 412 g/mol. The van der Waals surface area contributed by atoms with Gasteiger partial charge < -0.3 is 15.0 Å². The smallest absolute Gasteiger partial charge is 0.261 e. The Hall–Kier alpha value is -2.82. The quantitative estimate of drug-likeness (QED) is 0.530. The van der Waals surface area contributed by atoms with Crippen LogP contribution < -0.4 is 10.1 Å². The van der Waals surface area contributed by atoms with Crippen LogP contribution in [0, 0.1) is 6.92 Å². The van der Waals surface area contributed by atoms with Gasteiger partial charge in [-0.05, 0) is 49.3 Å². The van der Waals surface area contributed by atoms with Crippen molar-refractivity contribution < 1.29 is 14.3 Å². The number of rotatable bonds is 10.